The van der Waals surface area contributed by atoms with Crippen LogP contribution in [0.3, 0.4) is 0 Å². The molecule has 1 aliphatic heterocycles. The van der Waals surface area contributed by atoms with Gasteiger partial charge in [0.2, 0.25) is 0 Å². The van der Waals surface area contributed by atoms with E-state index < -0.39 is 0 Å². The molecule has 6 heteroatoms. The van der Waals surface area contributed by atoms with Gasteiger partial charge in [0.25, 0.3) is 0 Å². The van der Waals surface area contributed by atoms with Crippen LogP contribution in [-0.4, -0.2) is 56.6 Å². The number of amides is 2. The molecule has 3 fully saturated rings. The van der Waals surface area contributed by atoms with Crippen LogP contribution in [0.4, 0.5) is 4.79 Å². The van der Waals surface area contributed by atoms with E-state index in [1.807, 2.05) is 11.1 Å². The number of urea groups is 1. The van der Waals surface area contributed by atoms with E-state index in [1.165, 1.54) is 18.5 Å². The molecule has 3 aliphatic rings. The monoisotopic (exact) mass is 304 g/mol. The summed E-state index contributed by atoms with van der Waals surface area (Å²) in [6.07, 6.45) is 8.45. The van der Waals surface area contributed by atoms with Gasteiger partial charge >= 0.3 is 6.03 Å². The summed E-state index contributed by atoms with van der Waals surface area (Å²) in [6.45, 7) is 1.36. The maximum atomic E-state index is 12.5. The number of hydrogen-bond donors (Lipinski definition) is 1. The summed E-state index contributed by atoms with van der Waals surface area (Å²) in [5.41, 5.74) is 1.37. The molecule has 0 spiro atoms. The lowest BCUT2D eigenvalue weighted by molar-refractivity contribution is 0.0818. The van der Waals surface area contributed by atoms with Crippen molar-refractivity contribution in [3.63, 3.8) is 0 Å². The molecule has 2 amide bonds. The van der Waals surface area contributed by atoms with Gasteiger partial charge in [0, 0.05) is 36.9 Å². The van der Waals surface area contributed by atoms with Gasteiger partial charge in [-0.2, -0.15) is 5.10 Å². The van der Waals surface area contributed by atoms with Gasteiger partial charge in [-0.15, -0.1) is 0 Å². The van der Waals surface area contributed by atoms with Crippen LogP contribution in [0, 0.1) is 0 Å². The minimum Gasteiger partial charge on any atom is -0.376 e. The van der Waals surface area contributed by atoms with Crippen LogP contribution in [0.1, 0.15) is 56.2 Å². The summed E-state index contributed by atoms with van der Waals surface area (Å²) in [4.78, 5) is 16.0. The number of hydrogen-bond acceptors (Lipinski definition) is 3. The molecule has 0 unspecified atom stereocenters. The average molecular weight is 304 g/mol. The summed E-state index contributed by atoms with van der Waals surface area (Å²) >= 11 is 0. The minimum absolute atomic E-state index is 0.00586. The zero-order valence-corrected chi connectivity index (χ0v) is 12.9. The molecule has 2 aliphatic carbocycles. The molecular weight excluding hydrogens is 280 g/mol. The standard InChI is InChI=1S/C16H24N4O2/c21-11-19(13-3-4-13)16(22)18-9-6-14(7-10-18)20-15(5-8-17-20)12-1-2-12/h5,8,12-14,21H,1-4,6-7,9-11H2. The van der Waals surface area contributed by atoms with Crippen LogP contribution in [-0.2, 0) is 0 Å². The van der Waals surface area contributed by atoms with E-state index >= 15 is 0 Å². The lowest BCUT2D eigenvalue weighted by Crippen LogP contribution is -2.48. The Bertz CT molecular complexity index is 542. The Morgan fingerprint density at radius 2 is 1.95 bits per heavy atom. The Morgan fingerprint density at radius 3 is 2.55 bits per heavy atom. The van der Waals surface area contributed by atoms with Gasteiger partial charge in [0.1, 0.15) is 6.73 Å². The molecule has 2 saturated carbocycles. The number of aliphatic hydroxyl groups is 1. The third kappa shape index (κ3) is 2.60. The van der Waals surface area contributed by atoms with Crippen LogP contribution >= 0.6 is 0 Å². The Kier molecular flexibility index (Phi) is 3.56. The predicted molar refractivity (Wildman–Crippen MR) is 81.4 cm³/mol. The summed E-state index contributed by atoms with van der Waals surface area (Å²) in [7, 11) is 0. The highest BCUT2D eigenvalue weighted by molar-refractivity contribution is 5.75. The fraction of sp³-hybridized carbons (Fsp3) is 0.750. The smallest absolute Gasteiger partial charge is 0.322 e. The number of carbonyl (C=O) groups excluding carboxylic acids is 1. The van der Waals surface area contributed by atoms with Crippen LogP contribution in [0.15, 0.2) is 12.3 Å². The van der Waals surface area contributed by atoms with Gasteiger partial charge in [0.05, 0.1) is 6.04 Å². The first-order valence-electron chi connectivity index (χ1n) is 8.47. The number of piperidine rings is 1. The third-order valence-electron chi connectivity index (χ3n) is 5.16. The van der Waals surface area contributed by atoms with E-state index in [0.717, 1.165) is 38.8 Å². The zero-order chi connectivity index (χ0) is 15.1. The number of rotatable bonds is 4. The highest BCUT2D eigenvalue weighted by Gasteiger charge is 2.36. The van der Waals surface area contributed by atoms with Crippen molar-refractivity contribution in [1.82, 2.24) is 19.6 Å². The van der Waals surface area contributed by atoms with Crippen molar-refractivity contribution in [3.05, 3.63) is 18.0 Å². The van der Waals surface area contributed by atoms with Gasteiger partial charge in [-0.25, -0.2) is 4.79 Å². The fourth-order valence-corrected chi connectivity index (χ4v) is 3.53. The first kappa shape index (κ1) is 14.1. The van der Waals surface area contributed by atoms with Crippen molar-refractivity contribution < 1.29 is 9.90 Å². The number of aromatic nitrogens is 2. The summed E-state index contributed by atoms with van der Waals surface area (Å²) in [5.74, 6) is 0.710. The third-order valence-corrected chi connectivity index (χ3v) is 5.16. The summed E-state index contributed by atoms with van der Waals surface area (Å²) in [6, 6.07) is 2.84. The van der Waals surface area contributed by atoms with Crippen molar-refractivity contribution in [2.45, 2.75) is 56.5 Å². The lowest BCUT2D eigenvalue weighted by atomic mass is 10.0. The van der Waals surface area contributed by atoms with Gasteiger partial charge < -0.3 is 10.0 Å². The van der Waals surface area contributed by atoms with E-state index in [0.29, 0.717) is 12.0 Å². The van der Waals surface area contributed by atoms with Crippen molar-refractivity contribution >= 4 is 6.03 Å². The summed E-state index contributed by atoms with van der Waals surface area (Å²) in [5, 5.41) is 13.9. The van der Waals surface area contributed by atoms with Crippen molar-refractivity contribution in [2.24, 2.45) is 0 Å². The highest BCUT2D eigenvalue weighted by atomic mass is 16.3. The second-order valence-corrected chi connectivity index (χ2v) is 6.82. The molecule has 22 heavy (non-hydrogen) atoms. The predicted octanol–water partition coefficient (Wildman–Crippen LogP) is 1.93. The van der Waals surface area contributed by atoms with Crippen molar-refractivity contribution in [2.75, 3.05) is 19.8 Å². The van der Waals surface area contributed by atoms with Crippen LogP contribution in [0.2, 0.25) is 0 Å². The normalized spacial score (nSPS) is 22.9. The number of nitrogens with zero attached hydrogens (tertiary/aromatic N) is 4. The van der Waals surface area contributed by atoms with Crippen LogP contribution < -0.4 is 0 Å². The van der Waals surface area contributed by atoms with E-state index in [-0.39, 0.29) is 18.8 Å². The first-order chi connectivity index (χ1) is 10.8. The number of likely N-dealkylation sites (tertiary alicyclic amines) is 1. The molecule has 120 valence electrons. The molecule has 1 saturated heterocycles. The molecule has 4 rings (SSSR count). The Hall–Kier alpha value is -1.56. The van der Waals surface area contributed by atoms with Gasteiger partial charge in [-0.05, 0) is 44.6 Å². The SMILES string of the molecule is O=C(N1CCC(n2nccc2C2CC2)CC1)N(CO)C1CC1. The lowest BCUT2D eigenvalue weighted by Gasteiger charge is -2.35. The molecule has 1 aromatic rings. The largest absolute Gasteiger partial charge is 0.376 e. The van der Waals surface area contributed by atoms with E-state index in [4.69, 9.17) is 0 Å². The summed E-state index contributed by atoms with van der Waals surface area (Å²) < 4.78 is 2.20. The Morgan fingerprint density at radius 1 is 1.23 bits per heavy atom. The molecule has 1 aromatic heterocycles. The maximum Gasteiger partial charge on any atom is 0.322 e. The second kappa shape index (κ2) is 5.57. The number of carbonyl (C=O) groups is 1. The molecule has 0 bridgehead atoms. The molecule has 6 nitrogen and oxygen atoms in total. The van der Waals surface area contributed by atoms with Gasteiger partial charge in [-0.1, -0.05) is 0 Å². The molecule has 0 aromatic carbocycles. The van der Waals surface area contributed by atoms with Gasteiger partial charge in [-0.3, -0.25) is 9.58 Å². The minimum atomic E-state index is -0.158. The number of aliphatic hydroxyl groups excluding tert-OH is 1. The van der Waals surface area contributed by atoms with E-state index in [9.17, 15) is 9.90 Å². The van der Waals surface area contributed by atoms with Crippen LogP contribution in [0.5, 0.6) is 0 Å². The van der Waals surface area contributed by atoms with Crippen LogP contribution in [0.25, 0.3) is 0 Å². The molecule has 0 radical (unpaired) electrons. The molecular formula is C16H24N4O2. The van der Waals surface area contributed by atoms with E-state index in [1.54, 1.807) is 4.90 Å². The quantitative estimate of drug-likeness (QED) is 0.865. The molecule has 0 atom stereocenters. The molecule has 1 N–H and O–H groups in total. The first-order valence-corrected chi connectivity index (χ1v) is 8.47. The second-order valence-electron chi connectivity index (χ2n) is 6.82. The Labute approximate surface area is 130 Å². The average Bonchev–Trinajstić information content (AvgIpc) is 3.48. The maximum absolute atomic E-state index is 12.5. The topological polar surface area (TPSA) is 61.6 Å². The Balaban J connectivity index is 1.37. The highest BCUT2D eigenvalue weighted by Crippen LogP contribution is 2.41. The fourth-order valence-electron chi connectivity index (χ4n) is 3.53. The zero-order valence-electron chi connectivity index (χ0n) is 12.9. The molecule has 2 heterocycles. The van der Waals surface area contributed by atoms with Crippen molar-refractivity contribution in [3.8, 4) is 0 Å². The van der Waals surface area contributed by atoms with E-state index in [2.05, 4.69) is 15.8 Å². The van der Waals surface area contributed by atoms with Crippen molar-refractivity contribution in [1.29, 1.82) is 0 Å². The van der Waals surface area contributed by atoms with Gasteiger partial charge in [0.15, 0.2) is 0 Å².